The quantitative estimate of drug-likeness (QED) is 0.391. The average Bonchev–Trinajstić information content (AvgIpc) is 2.30. The van der Waals surface area contributed by atoms with Crippen LogP contribution in [0.4, 0.5) is 5.69 Å². The Balaban J connectivity index is 0.000000180. The summed E-state index contributed by atoms with van der Waals surface area (Å²) in [5.41, 5.74) is 5.95. The van der Waals surface area contributed by atoms with Gasteiger partial charge in [-0.05, 0) is 57.3 Å². The predicted octanol–water partition coefficient (Wildman–Crippen LogP) is 4.91. The fraction of sp³-hybridized carbons (Fsp3) is 0. The summed E-state index contributed by atoms with van der Waals surface area (Å²) in [6.45, 7) is 0. The standard InChI is InChI=1S/C5H2Cl2IN.C5H4ClIN2/c6-4-1-3(8)2-9-5(4)7;6-5-4(8)1-3(7)2-9-5/h1-2H;1-2H,8H2. The fourth-order valence-electron chi connectivity index (χ4n) is 0.836. The topological polar surface area (TPSA) is 51.8 Å². The number of rotatable bonds is 0. The van der Waals surface area contributed by atoms with Gasteiger partial charge in [-0.25, -0.2) is 9.97 Å². The molecule has 0 aromatic carbocycles. The minimum Gasteiger partial charge on any atom is -0.396 e. The zero-order valence-electron chi connectivity index (χ0n) is 8.67. The van der Waals surface area contributed by atoms with E-state index < -0.39 is 0 Å². The van der Waals surface area contributed by atoms with Crippen molar-refractivity contribution in [1.29, 1.82) is 0 Å². The lowest BCUT2D eigenvalue weighted by atomic mass is 10.4. The van der Waals surface area contributed by atoms with Crippen LogP contribution >= 0.6 is 80.0 Å². The average molecular weight is 528 g/mol. The Labute approximate surface area is 147 Å². The molecule has 0 aliphatic rings. The number of hydrogen-bond donors (Lipinski definition) is 1. The molecular formula is C10H6Cl3I2N3. The molecule has 0 radical (unpaired) electrons. The number of aromatic nitrogens is 2. The number of nitrogens with two attached hydrogens (primary N) is 1. The molecule has 3 nitrogen and oxygen atoms in total. The molecule has 2 aromatic heterocycles. The first-order chi connectivity index (χ1) is 8.40. The number of nitrogen functional groups attached to an aromatic ring is 1. The lowest BCUT2D eigenvalue weighted by Crippen LogP contribution is -1.88. The van der Waals surface area contributed by atoms with Crippen molar-refractivity contribution in [2.45, 2.75) is 0 Å². The maximum absolute atomic E-state index is 5.61. The summed E-state index contributed by atoms with van der Waals surface area (Å²) in [5, 5.41) is 1.23. The van der Waals surface area contributed by atoms with Gasteiger partial charge < -0.3 is 5.73 Å². The largest absolute Gasteiger partial charge is 0.396 e. The highest BCUT2D eigenvalue weighted by atomic mass is 127. The maximum Gasteiger partial charge on any atom is 0.151 e. The van der Waals surface area contributed by atoms with Crippen LogP contribution in [0.25, 0.3) is 0 Å². The molecule has 0 bridgehead atoms. The smallest absolute Gasteiger partial charge is 0.151 e. The molecule has 0 aliphatic heterocycles. The van der Waals surface area contributed by atoms with Crippen LogP contribution in [-0.2, 0) is 0 Å². The van der Waals surface area contributed by atoms with E-state index in [2.05, 4.69) is 55.1 Å². The summed E-state index contributed by atoms with van der Waals surface area (Å²) in [6, 6.07) is 3.54. The van der Waals surface area contributed by atoms with Crippen molar-refractivity contribution in [3.05, 3.63) is 47.0 Å². The normalized spacial score (nSPS) is 9.61. The summed E-state index contributed by atoms with van der Waals surface area (Å²) in [4.78, 5) is 7.62. The van der Waals surface area contributed by atoms with Gasteiger partial charge in [-0.1, -0.05) is 34.8 Å². The van der Waals surface area contributed by atoms with Crippen LogP contribution < -0.4 is 5.73 Å². The van der Waals surface area contributed by atoms with Gasteiger partial charge in [0.15, 0.2) is 5.15 Å². The highest BCUT2D eigenvalue weighted by Gasteiger charge is 1.96. The van der Waals surface area contributed by atoms with Crippen LogP contribution in [0, 0.1) is 7.14 Å². The van der Waals surface area contributed by atoms with Crippen LogP contribution in [0.1, 0.15) is 0 Å². The van der Waals surface area contributed by atoms with Crippen molar-refractivity contribution < 1.29 is 0 Å². The van der Waals surface area contributed by atoms with Gasteiger partial charge in [0.2, 0.25) is 0 Å². The van der Waals surface area contributed by atoms with E-state index in [1.807, 2.05) is 0 Å². The highest BCUT2D eigenvalue weighted by molar-refractivity contribution is 14.1. The summed E-state index contributed by atoms with van der Waals surface area (Å²) in [5.74, 6) is 0. The molecule has 0 saturated carbocycles. The van der Waals surface area contributed by atoms with Gasteiger partial charge in [-0.15, -0.1) is 0 Å². The van der Waals surface area contributed by atoms with E-state index in [0.717, 1.165) is 7.14 Å². The Morgan fingerprint density at radius 1 is 0.889 bits per heavy atom. The number of nitrogens with zero attached hydrogens (tertiary/aromatic N) is 2. The lowest BCUT2D eigenvalue weighted by Gasteiger charge is -1.94. The third kappa shape index (κ3) is 5.60. The second-order valence-corrected chi connectivity index (χ2v) is 6.57. The van der Waals surface area contributed by atoms with Gasteiger partial charge in [0.05, 0.1) is 10.7 Å². The molecular weight excluding hydrogens is 522 g/mol. The third-order valence-corrected chi connectivity index (χ3v) is 3.78. The van der Waals surface area contributed by atoms with Crippen LogP contribution in [0.2, 0.25) is 15.3 Å². The van der Waals surface area contributed by atoms with E-state index in [-0.39, 0.29) is 0 Å². The van der Waals surface area contributed by atoms with Crippen molar-refractivity contribution in [2.24, 2.45) is 0 Å². The number of hydrogen-bond acceptors (Lipinski definition) is 3. The van der Waals surface area contributed by atoms with E-state index in [0.29, 0.717) is 21.0 Å². The van der Waals surface area contributed by atoms with Gasteiger partial charge in [-0.3, -0.25) is 0 Å². The third-order valence-electron chi connectivity index (χ3n) is 1.60. The van der Waals surface area contributed by atoms with Crippen LogP contribution in [0.5, 0.6) is 0 Å². The first-order valence-corrected chi connectivity index (χ1v) is 7.72. The van der Waals surface area contributed by atoms with Gasteiger partial charge >= 0.3 is 0 Å². The fourth-order valence-corrected chi connectivity index (χ4v) is 2.32. The molecule has 0 fully saturated rings. The first-order valence-electron chi connectivity index (χ1n) is 4.43. The maximum atomic E-state index is 5.61. The molecule has 2 rings (SSSR count). The summed E-state index contributed by atoms with van der Waals surface area (Å²) >= 11 is 20.9. The van der Waals surface area contributed by atoms with E-state index in [4.69, 9.17) is 40.5 Å². The van der Waals surface area contributed by atoms with Crippen molar-refractivity contribution >= 4 is 85.7 Å². The first kappa shape index (κ1) is 16.5. The monoisotopic (exact) mass is 527 g/mol. The number of pyridine rings is 2. The molecule has 18 heavy (non-hydrogen) atoms. The van der Waals surface area contributed by atoms with E-state index in [9.17, 15) is 0 Å². The second-order valence-electron chi connectivity index (χ2n) is 2.96. The molecule has 8 heteroatoms. The Bertz CT molecular complexity index is 502. The predicted molar refractivity (Wildman–Crippen MR) is 93.4 cm³/mol. The Morgan fingerprint density at radius 2 is 1.39 bits per heavy atom. The molecule has 0 aliphatic carbocycles. The molecule has 0 saturated heterocycles. The Kier molecular flexibility index (Phi) is 7.22. The van der Waals surface area contributed by atoms with Crippen LogP contribution in [-0.4, -0.2) is 9.97 Å². The molecule has 2 aromatic rings. The van der Waals surface area contributed by atoms with Gasteiger partial charge in [0.25, 0.3) is 0 Å². The van der Waals surface area contributed by atoms with Crippen molar-refractivity contribution in [3.8, 4) is 0 Å². The second kappa shape index (κ2) is 7.88. The zero-order chi connectivity index (χ0) is 13.7. The molecule has 2 N–H and O–H groups in total. The Hall–Kier alpha value is 0.430. The van der Waals surface area contributed by atoms with E-state index in [1.165, 1.54) is 0 Å². The highest BCUT2D eigenvalue weighted by Crippen LogP contribution is 2.20. The van der Waals surface area contributed by atoms with E-state index >= 15 is 0 Å². The van der Waals surface area contributed by atoms with Crippen LogP contribution in [0.3, 0.4) is 0 Å². The number of halogens is 5. The molecule has 0 amide bonds. The molecule has 2 heterocycles. The lowest BCUT2D eigenvalue weighted by molar-refractivity contribution is 1.31. The number of anilines is 1. The molecule has 0 spiro atoms. The minimum atomic E-state index is 0.358. The van der Waals surface area contributed by atoms with Gasteiger partial charge in [-0.2, -0.15) is 0 Å². The summed E-state index contributed by atoms with van der Waals surface area (Å²) in [7, 11) is 0. The van der Waals surface area contributed by atoms with Crippen molar-refractivity contribution in [1.82, 2.24) is 9.97 Å². The van der Waals surface area contributed by atoms with Gasteiger partial charge in [0.1, 0.15) is 5.15 Å². The minimum absolute atomic E-state index is 0.358. The molecule has 0 unspecified atom stereocenters. The summed E-state index contributed by atoms with van der Waals surface area (Å²) < 4.78 is 1.98. The summed E-state index contributed by atoms with van der Waals surface area (Å²) in [6.07, 6.45) is 3.33. The Morgan fingerprint density at radius 3 is 1.78 bits per heavy atom. The zero-order valence-corrected chi connectivity index (χ0v) is 15.3. The van der Waals surface area contributed by atoms with E-state index in [1.54, 1.807) is 24.5 Å². The van der Waals surface area contributed by atoms with Crippen molar-refractivity contribution in [3.63, 3.8) is 0 Å². The van der Waals surface area contributed by atoms with Gasteiger partial charge in [0, 0.05) is 19.5 Å². The van der Waals surface area contributed by atoms with Crippen LogP contribution in [0.15, 0.2) is 24.5 Å². The SMILES string of the molecule is Clc1cc(I)cnc1Cl.Nc1cc(I)cnc1Cl. The molecule has 0 atom stereocenters. The molecule has 96 valence electrons. The van der Waals surface area contributed by atoms with Crippen molar-refractivity contribution in [2.75, 3.05) is 5.73 Å².